The summed E-state index contributed by atoms with van der Waals surface area (Å²) in [6.45, 7) is 1.99. The van der Waals surface area contributed by atoms with Crippen LogP contribution in [0.1, 0.15) is 17.3 Å². The van der Waals surface area contributed by atoms with Gasteiger partial charge < -0.3 is 20.6 Å². The van der Waals surface area contributed by atoms with Crippen molar-refractivity contribution in [2.75, 3.05) is 30.6 Å². The molecule has 29 heavy (non-hydrogen) atoms. The van der Waals surface area contributed by atoms with E-state index in [-0.39, 0.29) is 18.3 Å². The Bertz CT molecular complexity index is 1000. The molecule has 9 nitrogen and oxygen atoms in total. The van der Waals surface area contributed by atoms with E-state index in [9.17, 15) is 9.59 Å². The number of methoxy groups -OCH3 is 1. The van der Waals surface area contributed by atoms with Crippen LogP contribution in [0.2, 0.25) is 0 Å². The largest absolute Gasteiger partial charge is 0.497 e. The number of nitrogens with zero attached hydrogens (tertiary/aromatic N) is 3. The Hall–Kier alpha value is -3.05. The zero-order valence-electron chi connectivity index (χ0n) is 15.7. The molecule has 0 aliphatic carbocycles. The van der Waals surface area contributed by atoms with Crippen LogP contribution in [0, 0.1) is 0 Å². The van der Waals surface area contributed by atoms with Gasteiger partial charge in [0.1, 0.15) is 10.8 Å². The van der Waals surface area contributed by atoms with Gasteiger partial charge in [0.2, 0.25) is 11.1 Å². The first-order chi connectivity index (χ1) is 14.0. The van der Waals surface area contributed by atoms with E-state index in [0.29, 0.717) is 21.5 Å². The summed E-state index contributed by atoms with van der Waals surface area (Å²) in [4.78, 5) is 24.2. The third-order valence-electron chi connectivity index (χ3n) is 3.76. The first-order valence-corrected chi connectivity index (χ1v) is 10.4. The van der Waals surface area contributed by atoms with Crippen molar-refractivity contribution in [1.29, 1.82) is 0 Å². The lowest BCUT2D eigenvalue weighted by atomic mass is 10.2. The minimum Gasteiger partial charge on any atom is -0.497 e. The van der Waals surface area contributed by atoms with E-state index in [1.54, 1.807) is 37.6 Å². The number of ether oxygens (including phenoxy) is 2. The maximum Gasteiger partial charge on any atom is 0.341 e. The predicted molar refractivity (Wildman–Crippen MR) is 112 cm³/mol. The lowest BCUT2D eigenvalue weighted by molar-refractivity contribution is -0.113. The minimum absolute atomic E-state index is 0.0537. The summed E-state index contributed by atoms with van der Waals surface area (Å²) in [5.74, 6) is 6.56. The normalized spacial score (nSPS) is 10.6. The second kappa shape index (κ2) is 9.43. The molecule has 0 spiro atoms. The van der Waals surface area contributed by atoms with Crippen molar-refractivity contribution < 1.29 is 19.1 Å². The molecule has 0 atom stereocenters. The fourth-order valence-corrected chi connectivity index (χ4v) is 3.83. The Labute approximate surface area is 175 Å². The van der Waals surface area contributed by atoms with Crippen molar-refractivity contribution in [3.05, 3.63) is 41.3 Å². The molecule has 0 bridgehead atoms. The Kier molecular flexibility index (Phi) is 6.73. The fraction of sp³-hybridized carbons (Fsp3) is 0.222. The third-order valence-corrected chi connectivity index (χ3v) is 5.53. The number of hydrogen-bond acceptors (Lipinski definition) is 9. The van der Waals surface area contributed by atoms with E-state index in [1.165, 1.54) is 16.0 Å². The average Bonchev–Trinajstić information content (AvgIpc) is 3.33. The van der Waals surface area contributed by atoms with E-state index < -0.39 is 5.97 Å². The number of hydrogen-bond donors (Lipinski definition) is 2. The van der Waals surface area contributed by atoms with Crippen LogP contribution in [0.3, 0.4) is 0 Å². The van der Waals surface area contributed by atoms with Gasteiger partial charge in [-0.15, -0.1) is 21.5 Å². The standard InChI is InChI=1S/C18H19N5O4S2/c1-3-27-17(25)13-8-9-28-16(13)20-14(24)10-29-18-22-21-15(23(18)19)11-4-6-12(26-2)7-5-11/h4-9H,3,10,19H2,1-2H3,(H,20,24). The number of esters is 1. The lowest BCUT2D eigenvalue weighted by Crippen LogP contribution is -2.17. The zero-order valence-corrected chi connectivity index (χ0v) is 17.4. The molecule has 0 fully saturated rings. The first-order valence-electron chi connectivity index (χ1n) is 8.55. The SMILES string of the molecule is CCOC(=O)c1ccsc1NC(=O)CSc1nnc(-c2ccc(OC)cc2)n1N. The molecular weight excluding hydrogens is 414 g/mol. The van der Waals surface area contributed by atoms with E-state index in [4.69, 9.17) is 15.3 Å². The highest BCUT2D eigenvalue weighted by Crippen LogP contribution is 2.26. The molecule has 0 saturated heterocycles. The smallest absolute Gasteiger partial charge is 0.341 e. The molecule has 3 N–H and O–H groups in total. The molecule has 152 valence electrons. The lowest BCUT2D eigenvalue weighted by Gasteiger charge is -2.06. The Morgan fingerprint density at radius 2 is 2.00 bits per heavy atom. The maximum atomic E-state index is 12.3. The zero-order chi connectivity index (χ0) is 20.8. The number of amides is 1. The van der Waals surface area contributed by atoms with Crippen molar-refractivity contribution in [3.63, 3.8) is 0 Å². The summed E-state index contributed by atoms with van der Waals surface area (Å²) in [6.07, 6.45) is 0. The quantitative estimate of drug-likeness (QED) is 0.316. The number of anilines is 1. The van der Waals surface area contributed by atoms with E-state index in [0.717, 1.165) is 23.1 Å². The fourth-order valence-electron chi connectivity index (χ4n) is 2.38. The van der Waals surface area contributed by atoms with Crippen LogP contribution in [-0.2, 0) is 9.53 Å². The second-order valence-corrected chi connectivity index (χ2v) is 7.48. The van der Waals surface area contributed by atoms with Crippen molar-refractivity contribution in [2.45, 2.75) is 12.1 Å². The molecule has 0 aliphatic heterocycles. The van der Waals surface area contributed by atoms with E-state index in [1.807, 2.05) is 12.1 Å². The highest BCUT2D eigenvalue weighted by Gasteiger charge is 2.18. The van der Waals surface area contributed by atoms with Crippen LogP contribution in [0.5, 0.6) is 5.75 Å². The number of carbonyl (C=O) groups is 2. The highest BCUT2D eigenvalue weighted by atomic mass is 32.2. The molecule has 0 unspecified atom stereocenters. The van der Waals surface area contributed by atoms with Gasteiger partial charge in [-0.05, 0) is 42.6 Å². The molecule has 1 aromatic carbocycles. The molecule has 2 heterocycles. The van der Waals surface area contributed by atoms with Crippen LogP contribution in [0.25, 0.3) is 11.4 Å². The number of aromatic nitrogens is 3. The number of thioether (sulfide) groups is 1. The third kappa shape index (κ3) is 4.87. The molecule has 3 rings (SSSR count). The Morgan fingerprint density at radius 1 is 1.24 bits per heavy atom. The highest BCUT2D eigenvalue weighted by molar-refractivity contribution is 7.99. The van der Waals surface area contributed by atoms with Gasteiger partial charge >= 0.3 is 5.97 Å². The summed E-state index contributed by atoms with van der Waals surface area (Å²) < 4.78 is 11.4. The molecule has 0 saturated carbocycles. The van der Waals surface area contributed by atoms with Crippen molar-refractivity contribution in [2.24, 2.45) is 0 Å². The minimum atomic E-state index is -0.470. The topological polar surface area (TPSA) is 121 Å². The van der Waals surface area contributed by atoms with Gasteiger partial charge in [0.25, 0.3) is 0 Å². The van der Waals surface area contributed by atoms with Gasteiger partial charge in [0.15, 0.2) is 5.82 Å². The van der Waals surface area contributed by atoms with Gasteiger partial charge in [0.05, 0.1) is 25.0 Å². The molecule has 2 aromatic heterocycles. The van der Waals surface area contributed by atoms with Crippen molar-refractivity contribution in [3.8, 4) is 17.1 Å². The summed E-state index contributed by atoms with van der Waals surface area (Å²) in [6, 6.07) is 8.85. The monoisotopic (exact) mass is 433 g/mol. The van der Waals surface area contributed by atoms with E-state index >= 15 is 0 Å². The van der Waals surface area contributed by atoms with Crippen molar-refractivity contribution >= 4 is 40.0 Å². The number of benzene rings is 1. The Balaban J connectivity index is 1.62. The van der Waals surface area contributed by atoms with Gasteiger partial charge in [-0.25, -0.2) is 9.47 Å². The summed E-state index contributed by atoms with van der Waals surface area (Å²) in [5.41, 5.74) is 1.11. The summed E-state index contributed by atoms with van der Waals surface area (Å²) >= 11 is 2.39. The van der Waals surface area contributed by atoms with Gasteiger partial charge in [-0.2, -0.15) is 0 Å². The molecule has 11 heteroatoms. The second-order valence-electron chi connectivity index (χ2n) is 5.63. The number of carbonyl (C=O) groups excluding carboxylic acids is 2. The van der Waals surface area contributed by atoms with Gasteiger partial charge in [-0.1, -0.05) is 11.8 Å². The molecular formula is C18H19N5O4S2. The summed E-state index contributed by atoms with van der Waals surface area (Å²) in [5, 5.41) is 13.4. The van der Waals surface area contributed by atoms with Crippen LogP contribution in [-0.4, -0.2) is 46.2 Å². The number of nitrogens with two attached hydrogens (primary N) is 1. The van der Waals surface area contributed by atoms with Crippen LogP contribution >= 0.6 is 23.1 Å². The Morgan fingerprint density at radius 3 is 2.69 bits per heavy atom. The molecule has 1 amide bonds. The number of rotatable bonds is 8. The van der Waals surface area contributed by atoms with Crippen LogP contribution in [0.15, 0.2) is 40.9 Å². The predicted octanol–water partition coefficient (Wildman–Crippen LogP) is 2.64. The number of thiophene rings is 1. The average molecular weight is 434 g/mol. The number of nitrogens with one attached hydrogen (secondary N) is 1. The first kappa shape index (κ1) is 20.7. The van der Waals surface area contributed by atoms with E-state index in [2.05, 4.69) is 15.5 Å². The molecule has 3 aromatic rings. The van der Waals surface area contributed by atoms with Gasteiger partial charge in [0, 0.05) is 5.56 Å². The summed E-state index contributed by atoms with van der Waals surface area (Å²) in [7, 11) is 1.59. The van der Waals surface area contributed by atoms with Crippen LogP contribution in [0.4, 0.5) is 5.00 Å². The van der Waals surface area contributed by atoms with Gasteiger partial charge in [-0.3, -0.25) is 4.79 Å². The molecule has 0 radical (unpaired) electrons. The van der Waals surface area contributed by atoms with Crippen LogP contribution < -0.4 is 15.9 Å². The maximum absolute atomic E-state index is 12.3. The number of nitrogen functional groups attached to an aromatic ring is 1. The van der Waals surface area contributed by atoms with Crippen molar-refractivity contribution in [1.82, 2.24) is 14.9 Å². The molecule has 0 aliphatic rings.